The topological polar surface area (TPSA) is 156 Å². The number of ether oxygens (including phenoxy) is 2. The summed E-state index contributed by atoms with van der Waals surface area (Å²) in [5.41, 5.74) is -0.806. The molecule has 0 aromatic rings. The molecule has 0 aliphatic heterocycles. The molecule has 0 radical (unpaired) electrons. The maximum Gasteiger partial charge on any atom is 1.00 e. The van der Waals surface area contributed by atoms with Crippen molar-refractivity contribution >= 4 is 29.7 Å². The number of hydrogen-bond acceptors (Lipinski definition) is 8. The van der Waals surface area contributed by atoms with Crippen molar-refractivity contribution in [3.63, 3.8) is 0 Å². The van der Waals surface area contributed by atoms with Crippen LogP contribution in [0.4, 0.5) is 0 Å². The summed E-state index contributed by atoms with van der Waals surface area (Å²) in [6, 6.07) is 0. The van der Waals surface area contributed by atoms with E-state index in [2.05, 4.69) is 19.2 Å². The number of carboxylic acids is 2. The van der Waals surface area contributed by atoms with E-state index in [9.17, 15) is 29.1 Å². The number of aliphatic carboxylic acids is 2. The number of Topliss-reactive ketones (excluding diaryl/α,β-unsaturated/α-hetero) is 1. The third kappa shape index (κ3) is 34.2. The fourth-order valence-electron chi connectivity index (χ4n) is 2.29. The van der Waals surface area contributed by atoms with Gasteiger partial charge < -0.3 is 34.2 Å². The molecule has 0 rings (SSSR count). The number of carbonyl (C=O) groups excluding carboxylic acids is 4. The molecule has 1 N–H and O–H groups in total. The summed E-state index contributed by atoms with van der Waals surface area (Å²) in [5, 5.41) is 18.0. The van der Waals surface area contributed by atoms with E-state index in [4.69, 9.17) is 18.3 Å². The van der Waals surface area contributed by atoms with Crippen LogP contribution in [0.5, 0.6) is 0 Å². The van der Waals surface area contributed by atoms with Crippen molar-refractivity contribution in [1.29, 1.82) is 0 Å². The number of carboxylic acid groups (broad SMARTS) is 2. The Morgan fingerprint density at radius 1 is 0.784 bits per heavy atom. The van der Waals surface area contributed by atoms with Crippen LogP contribution in [0.1, 0.15) is 92.9 Å². The molecule has 0 aromatic carbocycles. The first-order valence-electron chi connectivity index (χ1n) is 11.6. The molecule has 204 valence electrons. The Labute approximate surface area is 262 Å². The molecule has 11 nitrogen and oxygen atoms in total. The maximum absolute atomic E-state index is 11.3. The Morgan fingerprint density at radius 2 is 1.16 bits per heavy atom. The van der Waals surface area contributed by atoms with Crippen molar-refractivity contribution in [3.05, 3.63) is 22.8 Å². The van der Waals surface area contributed by atoms with E-state index in [1.54, 1.807) is 13.8 Å². The third-order valence-corrected chi connectivity index (χ3v) is 4.27. The summed E-state index contributed by atoms with van der Waals surface area (Å²) in [6.45, 7) is 24.8. The van der Waals surface area contributed by atoms with E-state index in [0.29, 0.717) is 38.7 Å². The molecule has 0 fully saturated rings. The SMILES string of the molecule is CCOC(=O)CC(=O)[O-].[C-]#[N+]C(C)(C)CCCC(=O)CC(=O)OCC.[C-]#[N+]C(C)(C)CCCC(=O)O.[K+]. The van der Waals surface area contributed by atoms with Gasteiger partial charge in [0.2, 0.25) is 11.1 Å². The molecule has 37 heavy (non-hydrogen) atoms. The molecule has 0 saturated heterocycles. The average Bonchev–Trinajstić information content (AvgIpc) is 2.74. The van der Waals surface area contributed by atoms with Gasteiger partial charge >= 0.3 is 69.3 Å². The molecular weight excluding hydrogens is 511 g/mol. The van der Waals surface area contributed by atoms with Crippen LogP contribution in [0, 0.1) is 13.1 Å². The van der Waals surface area contributed by atoms with Gasteiger partial charge in [0.1, 0.15) is 12.2 Å². The Balaban J connectivity index is -0.000000228. The van der Waals surface area contributed by atoms with Gasteiger partial charge in [-0.3, -0.25) is 19.2 Å². The van der Waals surface area contributed by atoms with Crippen LogP contribution in [-0.4, -0.2) is 59.1 Å². The fourth-order valence-corrected chi connectivity index (χ4v) is 2.29. The zero-order valence-corrected chi connectivity index (χ0v) is 26.3. The second kappa shape index (κ2) is 24.5. The van der Waals surface area contributed by atoms with Crippen molar-refractivity contribution in [2.45, 2.75) is 104 Å². The standard InChI is InChI=1S/C12H19NO3.C8H13NO2.C5H8O4.K/c1-5-16-11(15)9-10(14)7-6-8-12(2,3)13-4;1-8(2,9-3)6-4-5-7(10)11;1-2-9-5(8)3-4(6)7;/h5-9H2,1-3H3;4-6H2,1-2H3,(H,10,11);2-3H2,1H3,(H,6,7);/q;;;+1/p-1. The summed E-state index contributed by atoms with van der Waals surface area (Å²) in [7, 11) is 0. The molecule has 0 atom stereocenters. The Bertz CT molecular complexity index is 797. The largest absolute Gasteiger partial charge is 1.00 e. The Kier molecular flexibility index (Phi) is 28.0. The summed E-state index contributed by atoms with van der Waals surface area (Å²) in [5.74, 6) is -3.52. The van der Waals surface area contributed by atoms with E-state index in [1.807, 2.05) is 27.7 Å². The molecule has 12 heteroatoms. The average molecular weight is 551 g/mol. The summed E-state index contributed by atoms with van der Waals surface area (Å²) >= 11 is 0. The number of hydrogen-bond donors (Lipinski definition) is 1. The third-order valence-electron chi connectivity index (χ3n) is 4.27. The maximum atomic E-state index is 11.3. The van der Waals surface area contributed by atoms with E-state index in [0.717, 1.165) is 0 Å². The van der Waals surface area contributed by atoms with Gasteiger partial charge in [-0.25, -0.2) is 13.1 Å². The second-order valence-electron chi connectivity index (χ2n) is 8.82. The van der Waals surface area contributed by atoms with Crippen LogP contribution in [0.3, 0.4) is 0 Å². The van der Waals surface area contributed by atoms with Crippen LogP contribution >= 0.6 is 0 Å². The van der Waals surface area contributed by atoms with Gasteiger partial charge in [0.05, 0.1) is 25.6 Å². The second-order valence-corrected chi connectivity index (χ2v) is 8.82. The minimum Gasteiger partial charge on any atom is -0.550 e. The molecule has 0 amide bonds. The Morgan fingerprint density at radius 3 is 1.49 bits per heavy atom. The van der Waals surface area contributed by atoms with Crippen molar-refractivity contribution in [3.8, 4) is 0 Å². The molecule has 0 aliphatic rings. The van der Waals surface area contributed by atoms with Gasteiger partial charge in [-0.15, -0.1) is 0 Å². The van der Waals surface area contributed by atoms with Crippen molar-refractivity contribution in [2.75, 3.05) is 13.2 Å². The molecule has 0 aliphatic carbocycles. The Hall–Kier alpha value is -1.83. The molecule has 0 bridgehead atoms. The molecule has 0 aromatic heterocycles. The number of esters is 2. The van der Waals surface area contributed by atoms with Crippen molar-refractivity contribution in [1.82, 2.24) is 0 Å². The van der Waals surface area contributed by atoms with Crippen molar-refractivity contribution < 1.29 is 95.0 Å². The van der Waals surface area contributed by atoms with Gasteiger partial charge in [0.15, 0.2) is 0 Å². The number of carbonyl (C=O) groups is 5. The predicted octanol–water partition coefficient (Wildman–Crippen LogP) is 0.00958. The molecular formula is C25H39KN2O9. The predicted molar refractivity (Wildman–Crippen MR) is 129 cm³/mol. The monoisotopic (exact) mass is 550 g/mol. The van der Waals surface area contributed by atoms with E-state index in [-0.39, 0.29) is 76.6 Å². The summed E-state index contributed by atoms with van der Waals surface area (Å²) < 4.78 is 8.97. The van der Waals surface area contributed by atoms with Crippen LogP contribution < -0.4 is 56.5 Å². The fraction of sp³-hybridized carbons (Fsp3) is 0.720. The van der Waals surface area contributed by atoms with Crippen LogP contribution in [0.25, 0.3) is 9.69 Å². The summed E-state index contributed by atoms with van der Waals surface area (Å²) in [6.07, 6.45) is 2.27. The summed E-state index contributed by atoms with van der Waals surface area (Å²) in [4.78, 5) is 59.1. The van der Waals surface area contributed by atoms with Gasteiger partial charge in [0, 0.05) is 53.4 Å². The first kappa shape index (κ1) is 42.3. The van der Waals surface area contributed by atoms with Gasteiger partial charge in [-0.2, -0.15) is 0 Å². The first-order valence-corrected chi connectivity index (χ1v) is 11.6. The van der Waals surface area contributed by atoms with Crippen LogP contribution in [0.15, 0.2) is 0 Å². The quantitative estimate of drug-likeness (QED) is 0.136. The van der Waals surface area contributed by atoms with E-state index >= 15 is 0 Å². The number of nitrogens with zero attached hydrogens (tertiary/aromatic N) is 2. The zero-order chi connectivity index (χ0) is 28.8. The molecule has 0 spiro atoms. The zero-order valence-electron chi connectivity index (χ0n) is 23.2. The molecule has 0 saturated carbocycles. The molecule has 0 heterocycles. The van der Waals surface area contributed by atoms with Crippen LogP contribution in [-0.2, 0) is 33.4 Å². The van der Waals surface area contributed by atoms with E-state index < -0.39 is 41.4 Å². The van der Waals surface area contributed by atoms with Gasteiger partial charge in [-0.1, -0.05) is 0 Å². The van der Waals surface area contributed by atoms with E-state index in [1.165, 1.54) is 0 Å². The number of rotatable bonds is 14. The van der Waals surface area contributed by atoms with Gasteiger partial charge in [-0.05, 0) is 26.7 Å². The minimum atomic E-state index is -1.41. The normalized spacial score (nSPS) is 9.84. The van der Waals surface area contributed by atoms with Gasteiger partial charge in [0.25, 0.3) is 0 Å². The first-order chi connectivity index (χ1) is 16.6. The van der Waals surface area contributed by atoms with Crippen LogP contribution in [0.2, 0.25) is 0 Å². The van der Waals surface area contributed by atoms with Crippen molar-refractivity contribution in [2.24, 2.45) is 0 Å². The molecule has 0 unspecified atom stereocenters. The minimum absolute atomic E-state index is 0. The smallest absolute Gasteiger partial charge is 0.550 e. The number of ketones is 1.